The molecule has 1 atom stereocenters. The average Bonchev–Trinajstić information content (AvgIpc) is 3.61. The lowest BCUT2D eigenvalue weighted by atomic mass is 9.97. The number of aromatic nitrogens is 1. The Morgan fingerprint density at radius 2 is 1.15 bits per heavy atom. The van der Waals surface area contributed by atoms with Gasteiger partial charge in [0.25, 0.3) is 0 Å². The molecule has 1 aliphatic carbocycles. The summed E-state index contributed by atoms with van der Waals surface area (Å²) in [5.41, 5.74) is 9.80. The van der Waals surface area contributed by atoms with Gasteiger partial charge in [0.05, 0.1) is 6.04 Å². The van der Waals surface area contributed by atoms with Gasteiger partial charge in [0.2, 0.25) is 5.89 Å². The van der Waals surface area contributed by atoms with Crippen molar-refractivity contribution in [2.75, 3.05) is 4.90 Å². The van der Waals surface area contributed by atoms with Gasteiger partial charge in [-0.05, 0) is 99.4 Å². The maximum absolute atomic E-state index is 6.35. The second kappa shape index (κ2) is 11.9. The van der Waals surface area contributed by atoms with E-state index in [-0.39, 0.29) is 6.04 Å². The van der Waals surface area contributed by atoms with Crippen molar-refractivity contribution in [2.24, 2.45) is 0 Å². The van der Waals surface area contributed by atoms with Gasteiger partial charge in [0, 0.05) is 22.3 Å². The van der Waals surface area contributed by atoms with E-state index in [1.807, 2.05) is 36.4 Å². The highest BCUT2D eigenvalue weighted by molar-refractivity contribution is 6.05. The Kier molecular flexibility index (Phi) is 6.94. The number of nitrogens with zero attached hydrogens (tertiary/aromatic N) is 2. The lowest BCUT2D eigenvalue weighted by Gasteiger charge is -2.33. The van der Waals surface area contributed by atoms with Gasteiger partial charge in [-0.1, -0.05) is 121 Å². The molecule has 0 saturated heterocycles. The predicted octanol–water partition coefficient (Wildman–Crippen LogP) is 12.2. The molecule has 0 saturated carbocycles. The minimum atomic E-state index is 0.238. The van der Waals surface area contributed by atoms with E-state index in [1.165, 1.54) is 38.8 Å². The number of fused-ring (bicyclic) bond motifs is 4. The lowest BCUT2D eigenvalue weighted by molar-refractivity contribution is 0.623. The first-order chi connectivity index (χ1) is 23.8. The van der Waals surface area contributed by atoms with Crippen molar-refractivity contribution in [3.8, 4) is 33.7 Å². The number of benzene rings is 7. The molecule has 1 unspecified atom stereocenters. The third kappa shape index (κ3) is 5.16. The molecular weight excluding hydrogens is 585 g/mol. The zero-order valence-corrected chi connectivity index (χ0v) is 26.3. The first-order valence-electron chi connectivity index (χ1n) is 16.5. The van der Waals surface area contributed by atoms with Crippen molar-refractivity contribution < 1.29 is 4.42 Å². The Morgan fingerprint density at radius 1 is 0.521 bits per heavy atom. The molecule has 0 N–H and O–H groups in total. The second-order valence-electron chi connectivity index (χ2n) is 12.4. The van der Waals surface area contributed by atoms with E-state index in [9.17, 15) is 0 Å². The Morgan fingerprint density at radius 3 is 1.92 bits per heavy atom. The van der Waals surface area contributed by atoms with Crippen molar-refractivity contribution in [2.45, 2.75) is 12.5 Å². The molecule has 0 radical (unpaired) electrons. The molecule has 8 aromatic rings. The summed E-state index contributed by atoms with van der Waals surface area (Å²) >= 11 is 0. The van der Waals surface area contributed by atoms with Gasteiger partial charge in [-0.2, -0.15) is 0 Å². The molecule has 228 valence electrons. The summed E-state index contributed by atoms with van der Waals surface area (Å²) in [6.45, 7) is 0. The van der Waals surface area contributed by atoms with Crippen LogP contribution in [0.5, 0.6) is 0 Å². The van der Waals surface area contributed by atoms with Crippen molar-refractivity contribution in [1.82, 2.24) is 4.98 Å². The SMILES string of the molecule is C1=CCC(N(c2ccc(-c3ccccc3)cc2)c2ccc3cc(-c4ccc5ccc6nc(-c7ccccc7)oc6c5c4)ccc3c2)C=C1. The molecule has 0 spiro atoms. The summed E-state index contributed by atoms with van der Waals surface area (Å²) in [5.74, 6) is 0.644. The monoisotopic (exact) mass is 616 g/mol. The third-order valence-electron chi connectivity index (χ3n) is 9.37. The quantitative estimate of drug-likeness (QED) is 0.186. The van der Waals surface area contributed by atoms with Crippen LogP contribution in [0.1, 0.15) is 6.42 Å². The zero-order valence-electron chi connectivity index (χ0n) is 26.3. The van der Waals surface area contributed by atoms with E-state index in [0.717, 1.165) is 39.4 Å². The van der Waals surface area contributed by atoms with Crippen LogP contribution >= 0.6 is 0 Å². The molecule has 1 aliphatic rings. The maximum Gasteiger partial charge on any atom is 0.227 e. The van der Waals surface area contributed by atoms with Crippen LogP contribution in [0.4, 0.5) is 11.4 Å². The van der Waals surface area contributed by atoms with E-state index in [4.69, 9.17) is 9.40 Å². The lowest BCUT2D eigenvalue weighted by Crippen LogP contribution is -2.29. The zero-order chi connectivity index (χ0) is 31.9. The Labute approximate surface area is 279 Å². The number of anilines is 2. The fraction of sp³-hybridized carbons (Fsp3) is 0.0444. The fourth-order valence-electron chi connectivity index (χ4n) is 6.89. The number of hydrogen-bond donors (Lipinski definition) is 0. The first-order valence-corrected chi connectivity index (χ1v) is 16.5. The summed E-state index contributed by atoms with van der Waals surface area (Å²) < 4.78 is 6.35. The van der Waals surface area contributed by atoms with Crippen LogP contribution in [0.3, 0.4) is 0 Å². The summed E-state index contributed by atoms with van der Waals surface area (Å²) in [7, 11) is 0. The normalized spacial score (nSPS) is 14.2. The van der Waals surface area contributed by atoms with Crippen molar-refractivity contribution in [1.29, 1.82) is 0 Å². The maximum atomic E-state index is 6.35. The van der Waals surface area contributed by atoms with E-state index in [0.29, 0.717) is 5.89 Å². The van der Waals surface area contributed by atoms with Crippen LogP contribution in [0, 0.1) is 0 Å². The van der Waals surface area contributed by atoms with Crippen molar-refractivity contribution >= 4 is 44.0 Å². The largest absolute Gasteiger partial charge is 0.435 e. The molecule has 7 aromatic carbocycles. The molecule has 9 rings (SSSR count). The number of rotatable bonds is 6. The van der Waals surface area contributed by atoms with Crippen LogP contribution in [0.25, 0.3) is 66.4 Å². The fourth-order valence-corrected chi connectivity index (χ4v) is 6.89. The topological polar surface area (TPSA) is 29.3 Å². The van der Waals surface area contributed by atoms with Crippen molar-refractivity contribution in [3.05, 3.63) is 176 Å². The van der Waals surface area contributed by atoms with Crippen molar-refractivity contribution in [3.63, 3.8) is 0 Å². The van der Waals surface area contributed by atoms with E-state index < -0.39 is 0 Å². The Hall–Kier alpha value is -6.19. The molecule has 3 heteroatoms. The molecular formula is C45H32N2O. The second-order valence-corrected chi connectivity index (χ2v) is 12.4. The minimum Gasteiger partial charge on any atom is -0.435 e. The molecule has 0 amide bonds. The molecule has 0 bridgehead atoms. The van der Waals surface area contributed by atoms with Crippen LogP contribution in [-0.2, 0) is 0 Å². The Bertz CT molecular complexity index is 2470. The van der Waals surface area contributed by atoms with Gasteiger partial charge in [-0.15, -0.1) is 0 Å². The number of oxazole rings is 1. The van der Waals surface area contributed by atoms with Gasteiger partial charge in [-0.25, -0.2) is 4.98 Å². The van der Waals surface area contributed by atoms with Crippen LogP contribution < -0.4 is 4.90 Å². The van der Waals surface area contributed by atoms with Gasteiger partial charge in [0.1, 0.15) is 5.52 Å². The average molecular weight is 617 g/mol. The summed E-state index contributed by atoms with van der Waals surface area (Å²) in [5, 5.41) is 4.62. The summed E-state index contributed by atoms with van der Waals surface area (Å²) in [6.07, 6.45) is 9.80. The number of allylic oxidation sites excluding steroid dienone is 2. The molecule has 48 heavy (non-hydrogen) atoms. The van der Waals surface area contributed by atoms with Crippen LogP contribution in [-0.4, -0.2) is 11.0 Å². The Balaban J connectivity index is 1.07. The molecule has 0 fully saturated rings. The molecule has 0 aliphatic heterocycles. The predicted molar refractivity (Wildman–Crippen MR) is 201 cm³/mol. The highest BCUT2D eigenvalue weighted by atomic mass is 16.3. The van der Waals surface area contributed by atoms with E-state index >= 15 is 0 Å². The number of hydrogen-bond acceptors (Lipinski definition) is 3. The van der Waals surface area contributed by atoms with Gasteiger partial charge < -0.3 is 9.32 Å². The van der Waals surface area contributed by atoms with Gasteiger partial charge in [-0.3, -0.25) is 0 Å². The minimum absolute atomic E-state index is 0.238. The van der Waals surface area contributed by atoms with E-state index in [2.05, 4.69) is 144 Å². The van der Waals surface area contributed by atoms with Crippen LogP contribution in [0.2, 0.25) is 0 Å². The van der Waals surface area contributed by atoms with Crippen LogP contribution in [0.15, 0.2) is 180 Å². The van der Waals surface area contributed by atoms with Gasteiger partial charge >= 0.3 is 0 Å². The summed E-state index contributed by atoms with van der Waals surface area (Å²) in [6, 6.07) is 54.2. The summed E-state index contributed by atoms with van der Waals surface area (Å²) in [4.78, 5) is 7.25. The van der Waals surface area contributed by atoms with E-state index in [1.54, 1.807) is 0 Å². The highest BCUT2D eigenvalue weighted by Crippen LogP contribution is 2.37. The smallest absolute Gasteiger partial charge is 0.227 e. The first kappa shape index (κ1) is 28.1. The highest BCUT2D eigenvalue weighted by Gasteiger charge is 2.20. The standard InChI is InChI=1S/C45H32N2O/c1-4-10-31(11-5-1)32-20-24-40(25-21-32)47(39-14-8-3-9-15-39)41-26-22-36-28-35(18-19-37(36)29-41)38-17-16-33-23-27-43-44(42(33)30-38)48-45(46-43)34-12-6-2-7-13-34/h1-14,16-30,39H,15H2. The molecule has 3 nitrogen and oxygen atoms in total. The molecule has 1 heterocycles. The molecule has 1 aromatic heterocycles. The third-order valence-corrected chi connectivity index (χ3v) is 9.37. The van der Waals surface area contributed by atoms with Gasteiger partial charge in [0.15, 0.2) is 5.58 Å².